The maximum Gasteiger partial charge on any atom is 0.463 e. The number of carbonyl (C=O) groups is 1. The summed E-state index contributed by atoms with van der Waals surface area (Å²) >= 11 is 3.09. The summed E-state index contributed by atoms with van der Waals surface area (Å²) in [5.41, 5.74) is 0.0662. The number of hydrogen-bond donors (Lipinski definition) is 1. The molecule has 0 aromatic heterocycles. The fraction of sp³-hybridized carbons (Fsp3) is 0.364. The molecule has 0 aliphatic carbocycles. The van der Waals surface area contributed by atoms with Gasteiger partial charge in [0.25, 0.3) is 0 Å². The molecule has 1 amide bonds. The van der Waals surface area contributed by atoms with Crippen molar-refractivity contribution in [1.82, 2.24) is 0 Å². The van der Waals surface area contributed by atoms with Crippen molar-refractivity contribution in [2.45, 2.75) is 18.7 Å². The lowest BCUT2D eigenvalue weighted by molar-refractivity contribution is -0.267. The van der Waals surface area contributed by atoms with E-state index in [1.54, 1.807) is 5.32 Å². The van der Waals surface area contributed by atoms with E-state index in [4.69, 9.17) is 4.74 Å². The van der Waals surface area contributed by atoms with Crippen LogP contribution in [0, 0.1) is 0 Å². The Balaban J connectivity index is 3.05. The van der Waals surface area contributed by atoms with Crippen LogP contribution in [0.4, 0.5) is 27.6 Å². The largest absolute Gasteiger partial charge is 0.463 e. The number of carbonyl (C=O) groups excluding carboxylic acids is 1. The average Bonchev–Trinajstić information content (AvgIpc) is 2.32. The third-order valence-electron chi connectivity index (χ3n) is 2.30. The van der Waals surface area contributed by atoms with Gasteiger partial charge in [0.1, 0.15) is 0 Å². The molecule has 9 heteroatoms. The monoisotopic (exact) mass is 361 g/mol. The van der Waals surface area contributed by atoms with Crippen LogP contribution in [0.15, 0.2) is 22.7 Å². The number of ether oxygens (including phenoxy) is 1. The van der Waals surface area contributed by atoms with Gasteiger partial charge >= 0.3 is 18.0 Å². The van der Waals surface area contributed by atoms with E-state index in [-0.39, 0.29) is 17.9 Å². The molecular formula is C11H9BrF5NO2. The fourth-order valence-corrected chi connectivity index (χ4v) is 1.78. The van der Waals surface area contributed by atoms with Crippen molar-refractivity contribution in [2.75, 3.05) is 12.4 Å². The standard InChI is InChI=1S/C11H9BrF5NO2/c1-20-5-6-7(12)3-2-4-8(6)18-9(19)10(13,14)11(15,16)17/h2-4H,5H2,1H3,(H,18,19). The number of anilines is 1. The number of methoxy groups -OCH3 is 1. The second-order valence-corrected chi connectivity index (χ2v) is 4.58. The second kappa shape index (κ2) is 6.04. The van der Waals surface area contributed by atoms with Gasteiger partial charge in [-0.25, -0.2) is 0 Å². The Kier molecular flexibility index (Phi) is 5.09. The summed E-state index contributed by atoms with van der Waals surface area (Å²) in [6, 6.07) is 4.11. The van der Waals surface area contributed by atoms with Crippen molar-refractivity contribution < 1.29 is 31.5 Å². The minimum Gasteiger partial charge on any atom is -0.380 e. The van der Waals surface area contributed by atoms with Crippen molar-refractivity contribution in [3.05, 3.63) is 28.2 Å². The number of amides is 1. The first-order chi connectivity index (χ1) is 9.11. The van der Waals surface area contributed by atoms with Gasteiger partial charge < -0.3 is 10.1 Å². The van der Waals surface area contributed by atoms with Crippen LogP contribution in [-0.2, 0) is 16.1 Å². The lowest BCUT2D eigenvalue weighted by atomic mass is 10.1. The van der Waals surface area contributed by atoms with Crippen molar-refractivity contribution in [3.63, 3.8) is 0 Å². The molecule has 0 unspecified atom stereocenters. The number of alkyl halides is 5. The molecule has 0 bridgehead atoms. The Labute approximate surface area is 119 Å². The van der Waals surface area contributed by atoms with Crippen LogP contribution >= 0.6 is 15.9 Å². The first kappa shape index (κ1) is 16.8. The highest BCUT2D eigenvalue weighted by molar-refractivity contribution is 9.10. The highest BCUT2D eigenvalue weighted by atomic mass is 79.9. The topological polar surface area (TPSA) is 38.3 Å². The van der Waals surface area contributed by atoms with Gasteiger partial charge in [-0.2, -0.15) is 22.0 Å². The van der Waals surface area contributed by atoms with E-state index in [1.807, 2.05) is 0 Å². The Hall–Kier alpha value is -1.22. The third kappa shape index (κ3) is 3.45. The molecule has 1 aromatic carbocycles. The van der Waals surface area contributed by atoms with E-state index in [1.165, 1.54) is 25.3 Å². The summed E-state index contributed by atoms with van der Waals surface area (Å²) in [6.45, 7) is -0.0748. The van der Waals surface area contributed by atoms with Crippen LogP contribution in [0.1, 0.15) is 5.56 Å². The molecule has 1 rings (SSSR count). The highest BCUT2D eigenvalue weighted by Gasteiger charge is 2.63. The fourth-order valence-electron chi connectivity index (χ4n) is 1.30. The maximum absolute atomic E-state index is 12.8. The number of rotatable bonds is 4. The molecule has 0 atom stereocenters. The molecule has 0 radical (unpaired) electrons. The third-order valence-corrected chi connectivity index (χ3v) is 3.04. The van der Waals surface area contributed by atoms with Crippen molar-refractivity contribution in [3.8, 4) is 0 Å². The molecule has 3 nitrogen and oxygen atoms in total. The number of halogens is 6. The summed E-state index contributed by atoms with van der Waals surface area (Å²) in [4.78, 5) is 11.1. The van der Waals surface area contributed by atoms with Gasteiger partial charge in [-0.05, 0) is 12.1 Å². The van der Waals surface area contributed by atoms with E-state index in [0.717, 1.165) is 0 Å². The molecule has 0 fully saturated rings. The average molecular weight is 362 g/mol. The minimum absolute atomic E-state index is 0.0748. The predicted molar refractivity (Wildman–Crippen MR) is 64.5 cm³/mol. The van der Waals surface area contributed by atoms with Gasteiger partial charge in [0.2, 0.25) is 0 Å². The smallest absolute Gasteiger partial charge is 0.380 e. The van der Waals surface area contributed by atoms with E-state index >= 15 is 0 Å². The summed E-state index contributed by atoms with van der Waals surface area (Å²) in [5, 5.41) is 1.56. The predicted octanol–water partition coefficient (Wildman–Crippen LogP) is 3.73. The van der Waals surface area contributed by atoms with E-state index in [2.05, 4.69) is 15.9 Å². The Morgan fingerprint density at radius 3 is 2.40 bits per heavy atom. The summed E-state index contributed by atoms with van der Waals surface area (Å²) < 4.78 is 67.1. The van der Waals surface area contributed by atoms with Crippen LogP contribution in [0.2, 0.25) is 0 Å². The molecule has 1 N–H and O–H groups in total. The van der Waals surface area contributed by atoms with Gasteiger partial charge in [0.05, 0.1) is 6.61 Å². The van der Waals surface area contributed by atoms with Gasteiger partial charge in [-0.3, -0.25) is 4.79 Å². The van der Waals surface area contributed by atoms with Crippen LogP contribution < -0.4 is 5.32 Å². The van der Waals surface area contributed by atoms with Crippen molar-refractivity contribution in [1.29, 1.82) is 0 Å². The van der Waals surface area contributed by atoms with Gasteiger partial charge in [-0.1, -0.05) is 22.0 Å². The molecular weight excluding hydrogens is 353 g/mol. The lowest BCUT2D eigenvalue weighted by Gasteiger charge is -2.20. The molecule has 0 saturated carbocycles. The zero-order chi connectivity index (χ0) is 15.6. The molecule has 0 aliphatic heterocycles. The van der Waals surface area contributed by atoms with E-state index in [9.17, 15) is 26.7 Å². The van der Waals surface area contributed by atoms with E-state index in [0.29, 0.717) is 4.47 Å². The molecule has 0 aliphatic rings. The Morgan fingerprint density at radius 1 is 1.30 bits per heavy atom. The maximum atomic E-state index is 12.8. The zero-order valence-corrected chi connectivity index (χ0v) is 11.6. The normalized spacial score (nSPS) is 12.3. The summed E-state index contributed by atoms with van der Waals surface area (Å²) in [5.74, 6) is -7.92. The quantitative estimate of drug-likeness (QED) is 0.829. The lowest BCUT2D eigenvalue weighted by Crippen LogP contribution is -2.47. The summed E-state index contributed by atoms with van der Waals surface area (Å²) in [7, 11) is 1.31. The molecule has 0 saturated heterocycles. The van der Waals surface area contributed by atoms with Crippen molar-refractivity contribution >= 4 is 27.5 Å². The molecule has 0 heterocycles. The molecule has 20 heavy (non-hydrogen) atoms. The van der Waals surface area contributed by atoms with Gasteiger partial charge in [-0.15, -0.1) is 0 Å². The SMILES string of the molecule is COCc1c(Br)cccc1NC(=O)C(F)(F)C(F)(F)F. The molecule has 1 aromatic rings. The molecule has 0 spiro atoms. The number of hydrogen-bond acceptors (Lipinski definition) is 2. The van der Waals surface area contributed by atoms with Crippen LogP contribution in [-0.4, -0.2) is 25.1 Å². The first-order valence-electron chi connectivity index (χ1n) is 5.13. The van der Waals surface area contributed by atoms with E-state index < -0.39 is 18.0 Å². The van der Waals surface area contributed by atoms with Crippen LogP contribution in [0.5, 0.6) is 0 Å². The van der Waals surface area contributed by atoms with Crippen molar-refractivity contribution in [2.24, 2.45) is 0 Å². The van der Waals surface area contributed by atoms with Gasteiger partial charge in [0.15, 0.2) is 0 Å². The Bertz CT molecular complexity index is 504. The minimum atomic E-state index is -5.95. The second-order valence-electron chi connectivity index (χ2n) is 3.73. The molecule has 112 valence electrons. The first-order valence-corrected chi connectivity index (χ1v) is 5.93. The zero-order valence-electron chi connectivity index (χ0n) is 10.0. The Morgan fingerprint density at radius 2 is 1.90 bits per heavy atom. The highest BCUT2D eigenvalue weighted by Crippen LogP contribution is 2.37. The summed E-state index contributed by atoms with van der Waals surface area (Å²) in [6.07, 6.45) is -5.95. The number of nitrogens with one attached hydrogen (secondary N) is 1. The van der Waals surface area contributed by atoms with Crippen LogP contribution in [0.3, 0.4) is 0 Å². The van der Waals surface area contributed by atoms with Crippen LogP contribution in [0.25, 0.3) is 0 Å². The number of benzene rings is 1. The van der Waals surface area contributed by atoms with Gasteiger partial charge in [0, 0.05) is 22.8 Å².